The highest BCUT2D eigenvalue weighted by atomic mass is 19.1. The second kappa shape index (κ2) is 5.48. The van der Waals surface area contributed by atoms with Gasteiger partial charge in [-0.1, -0.05) is 6.07 Å². The number of carbonyl (C=O) groups is 1. The summed E-state index contributed by atoms with van der Waals surface area (Å²) < 4.78 is 13.1. The summed E-state index contributed by atoms with van der Waals surface area (Å²) >= 11 is 0. The monoisotopic (exact) mass is 260 g/mol. The van der Waals surface area contributed by atoms with Crippen molar-refractivity contribution in [3.63, 3.8) is 0 Å². The molecular formula is C14H13FN2O2. The standard InChI is InChI=1S/C14H13FN2O2/c1-9(11-5-12(15)8-16-7-11)17-13-4-2-3-10(6-13)14(18)19/h2-9,17H,1H3,(H,18,19). The number of nitrogens with zero attached hydrogens (tertiary/aromatic N) is 1. The Kier molecular flexibility index (Phi) is 3.75. The van der Waals surface area contributed by atoms with Crippen molar-refractivity contribution in [2.24, 2.45) is 0 Å². The first-order chi connectivity index (χ1) is 9.06. The molecule has 0 radical (unpaired) electrons. The van der Waals surface area contributed by atoms with Crippen molar-refractivity contribution in [3.05, 3.63) is 59.7 Å². The largest absolute Gasteiger partial charge is 0.478 e. The molecule has 1 atom stereocenters. The molecule has 0 saturated heterocycles. The molecule has 0 fully saturated rings. The molecule has 1 heterocycles. The van der Waals surface area contributed by atoms with Crippen LogP contribution >= 0.6 is 0 Å². The molecule has 0 aliphatic heterocycles. The molecule has 0 spiro atoms. The average molecular weight is 260 g/mol. The van der Waals surface area contributed by atoms with Gasteiger partial charge in [-0.05, 0) is 36.8 Å². The molecule has 98 valence electrons. The fourth-order valence-corrected chi connectivity index (χ4v) is 1.74. The minimum absolute atomic E-state index is 0.174. The van der Waals surface area contributed by atoms with Crippen LogP contribution in [0.25, 0.3) is 0 Å². The number of hydrogen-bond donors (Lipinski definition) is 2. The van der Waals surface area contributed by atoms with Gasteiger partial charge in [0.2, 0.25) is 0 Å². The molecule has 0 aliphatic carbocycles. The Bertz CT molecular complexity index is 602. The molecule has 0 aliphatic rings. The van der Waals surface area contributed by atoms with E-state index in [-0.39, 0.29) is 11.6 Å². The van der Waals surface area contributed by atoms with E-state index in [2.05, 4.69) is 10.3 Å². The van der Waals surface area contributed by atoms with Crippen LogP contribution in [-0.2, 0) is 0 Å². The highest BCUT2D eigenvalue weighted by Crippen LogP contribution is 2.20. The van der Waals surface area contributed by atoms with Crippen molar-refractivity contribution in [1.82, 2.24) is 4.98 Å². The van der Waals surface area contributed by atoms with Gasteiger partial charge < -0.3 is 10.4 Å². The van der Waals surface area contributed by atoms with Gasteiger partial charge in [0.1, 0.15) is 5.82 Å². The zero-order valence-electron chi connectivity index (χ0n) is 10.3. The highest BCUT2D eigenvalue weighted by molar-refractivity contribution is 5.88. The van der Waals surface area contributed by atoms with Gasteiger partial charge in [-0.2, -0.15) is 0 Å². The van der Waals surface area contributed by atoms with Crippen LogP contribution in [0, 0.1) is 5.82 Å². The van der Waals surface area contributed by atoms with Gasteiger partial charge >= 0.3 is 5.97 Å². The van der Waals surface area contributed by atoms with Crippen LogP contribution in [0.3, 0.4) is 0 Å². The lowest BCUT2D eigenvalue weighted by molar-refractivity contribution is 0.0697. The van der Waals surface area contributed by atoms with Gasteiger partial charge in [0, 0.05) is 11.9 Å². The molecule has 0 bridgehead atoms. The maximum absolute atomic E-state index is 13.1. The molecule has 19 heavy (non-hydrogen) atoms. The lowest BCUT2D eigenvalue weighted by atomic mass is 10.1. The zero-order valence-corrected chi connectivity index (χ0v) is 10.3. The first-order valence-corrected chi connectivity index (χ1v) is 5.76. The van der Waals surface area contributed by atoms with E-state index < -0.39 is 11.8 Å². The van der Waals surface area contributed by atoms with Crippen LogP contribution in [-0.4, -0.2) is 16.1 Å². The maximum atomic E-state index is 13.1. The summed E-state index contributed by atoms with van der Waals surface area (Å²) in [5.41, 5.74) is 1.56. The van der Waals surface area contributed by atoms with Crippen LogP contribution in [0.15, 0.2) is 42.7 Å². The molecule has 2 N–H and O–H groups in total. The summed E-state index contributed by atoms with van der Waals surface area (Å²) in [7, 11) is 0. The molecule has 4 nitrogen and oxygen atoms in total. The normalized spacial score (nSPS) is 11.9. The molecule has 1 aromatic heterocycles. The van der Waals surface area contributed by atoms with Crippen molar-refractivity contribution >= 4 is 11.7 Å². The second-order valence-electron chi connectivity index (χ2n) is 4.19. The number of carboxylic acids is 1. The summed E-state index contributed by atoms with van der Waals surface area (Å²) in [6.07, 6.45) is 2.71. The molecule has 2 rings (SSSR count). The van der Waals surface area contributed by atoms with Crippen LogP contribution < -0.4 is 5.32 Å². The van der Waals surface area contributed by atoms with Crippen LogP contribution in [0.2, 0.25) is 0 Å². The third-order valence-electron chi connectivity index (χ3n) is 2.72. The lowest BCUT2D eigenvalue weighted by Gasteiger charge is -2.15. The Morgan fingerprint density at radius 1 is 1.37 bits per heavy atom. The summed E-state index contributed by atoms with van der Waals surface area (Å²) in [6, 6.07) is 7.68. The predicted octanol–water partition coefficient (Wildman–Crippen LogP) is 3.09. The number of nitrogens with one attached hydrogen (secondary N) is 1. The van der Waals surface area contributed by atoms with Crippen molar-refractivity contribution < 1.29 is 14.3 Å². The number of benzene rings is 1. The summed E-state index contributed by atoms with van der Waals surface area (Å²) in [6.45, 7) is 1.85. The SMILES string of the molecule is CC(Nc1cccc(C(=O)O)c1)c1cncc(F)c1. The van der Waals surface area contributed by atoms with Crippen molar-refractivity contribution in [2.45, 2.75) is 13.0 Å². The first kappa shape index (κ1) is 13.0. The number of carboxylic acid groups (broad SMARTS) is 1. The molecule has 1 unspecified atom stereocenters. The Hall–Kier alpha value is -2.43. The summed E-state index contributed by atoms with van der Waals surface area (Å²) in [4.78, 5) is 14.6. The fourth-order valence-electron chi connectivity index (χ4n) is 1.74. The zero-order chi connectivity index (χ0) is 13.8. The van der Waals surface area contributed by atoms with Crippen molar-refractivity contribution in [2.75, 3.05) is 5.32 Å². The van der Waals surface area contributed by atoms with Gasteiger partial charge in [0.25, 0.3) is 0 Å². The molecule has 1 aromatic carbocycles. The predicted molar refractivity (Wildman–Crippen MR) is 69.6 cm³/mol. The van der Waals surface area contributed by atoms with Gasteiger partial charge in [0.05, 0.1) is 17.8 Å². The Morgan fingerprint density at radius 2 is 2.16 bits per heavy atom. The van der Waals surface area contributed by atoms with Crippen LogP contribution in [0.1, 0.15) is 28.9 Å². The van der Waals surface area contributed by atoms with Gasteiger partial charge in [0.15, 0.2) is 0 Å². The molecule has 2 aromatic rings. The lowest BCUT2D eigenvalue weighted by Crippen LogP contribution is -2.08. The second-order valence-corrected chi connectivity index (χ2v) is 4.19. The maximum Gasteiger partial charge on any atom is 0.335 e. The number of hydrogen-bond acceptors (Lipinski definition) is 3. The molecule has 0 saturated carbocycles. The number of pyridine rings is 1. The van der Waals surface area contributed by atoms with E-state index in [1.165, 1.54) is 18.2 Å². The van der Waals surface area contributed by atoms with Gasteiger partial charge in [-0.3, -0.25) is 4.98 Å². The Labute approximate surface area is 109 Å². The van der Waals surface area contributed by atoms with E-state index in [0.717, 1.165) is 6.20 Å². The number of halogens is 1. The van der Waals surface area contributed by atoms with Crippen LogP contribution in [0.5, 0.6) is 0 Å². The number of anilines is 1. The minimum Gasteiger partial charge on any atom is -0.478 e. The quantitative estimate of drug-likeness (QED) is 0.886. The smallest absolute Gasteiger partial charge is 0.335 e. The number of rotatable bonds is 4. The van der Waals surface area contributed by atoms with E-state index in [4.69, 9.17) is 5.11 Å². The fraction of sp³-hybridized carbons (Fsp3) is 0.143. The third-order valence-corrected chi connectivity index (χ3v) is 2.72. The number of aromatic nitrogens is 1. The average Bonchev–Trinajstić information content (AvgIpc) is 2.39. The first-order valence-electron chi connectivity index (χ1n) is 5.76. The number of aromatic carboxylic acids is 1. The van der Waals surface area contributed by atoms with E-state index in [1.54, 1.807) is 18.3 Å². The van der Waals surface area contributed by atoms with Crippen molar-refractivity contribution in [1.29, 1.82) is 0 Å². The summed E-state index contributed by atoms with van der Waals surface area (Å²) in [5.74, 6) is -1.38. The topological polar surface area (TPSA) is 62.2 Å². The molecule has 0 amide bonds. The van der Waals surface area contributed by atoms with Gasteiger partial charge in [-0.15, -0.1) is 0 Å². The van der Waals surface area contributed by atoms with E-state index in [0.29, 0.717) is 11.3 Å². The van der Waals surface area contributed by atoms with E-state index in [1.807, 2.05) is 6.92 Å². The molecule has 5 heteroatoms. The Morgan fingerprint density at radius 3 is 2.84 bits per heavy atom. The third kappa shape index (κ3) is 3.28. The van der Waals surface area contributed by atoms with Crippen LogP contribution in [0.4, 0.5) is 10.1 Å². The van der Waals surface area contributed by atoms with E-state index >= 15 is 0 Å². The highest BCUT2D eigenvalue weighted by Gasteiger charge is 2.08. The summed E-state index contributed by atoms with van der Waals surface area (Å²) in [5, 5.41) is 12.0. The molecular weight excluding hydrogens is 247 g/mol. The van der Waals surface area contributed by atoms with Gasteiger partial charge in [-0.25, -0.2) is 9.18 Å². The minimum atomic E-state index is -0.983. The van der Waals surface area contributed by atoms with E-state index in [9.17, 15) is 9.18 Å². The Balaban J connectivity index is 2.17. The van der Waals surface area contributed by atoms with Crippen molar-refractivity contribution in [3.8, 4) is 0 Å².